The smallest absolute Gasteiger partial charge is 0.223 e. The van der Waals surface area contributed by atoms with Gasteiger partial charge in [-0.05, 0) is 72.1 Å². The molecule has 6 heteroatoms. The van der Waals surface area contributed by atoms with Gasteiger partial charge in [0.05, 0.1) is 12.1 Å². The van der Waals surface area contributed by atoms with Gasteiger partial charge in [0.25, 0.3) is 0 Å². The van der Waals surface area contributed by atoms with Gasteiger partial charge in [-0.25, -0.2) is 0 Å². The molecule has 2 fully saturated rings. The lowest BCUT2D eigenvalue weighted by atomic mass is 9.71. The molecule has 2 amide bonds. The summed E-state index contributed by atoms with van der Waals surface area (Å²) in [5, 5.41) is 3.17. The number of carbonyl (C=O) groups excluding carboxylic acids is 2. The fraction of sp³-hybridized carbons (Fsp3) is 0.905. The molecule has 1 heterocycles. The molecule has 0 aromatic heterocycles. The lowest BCUT2D eigenvalue weighted by molar-refractivity contribution is -0.131. The van der Waals surface area contributed by atoms with Crippen molar-refractivity contribution < 1.29 is 14.3 Å². The summed E-state index contributed by atoms with van der Waals surface area (Å²) >= 11 is 0. The highest BCUT2D eigenvalue weighted by atomic mass is 16.5. The summed E-state index contributed by atoms with van der Waals surface area (Å²) in [4.78, 5) is 26.6. The zero-order valence-electron chi connectivity index (χ0n) is 18.2. The van der Waals surface area contributed by atoms with Gasteiger partial charge in [0.1, 0.15) is 5.72 Å². The van der Waals surface area contributed by atoms with Crippen LogP contribution in [0.2, 0.25) is 0 Å². The van der Waals surface area contributed by atoms with Crippen molar-refractivity contribution in [2.45, 2.75) is 104 Å². The number of amides is 2. The molecule has 2 radical (unpaired) electrons. The lowest BCUT2D eigenvalue weighted by Crippen LogP contribution is -2.48. The SMILES string of the molecule is [B]C(=O)N1[C@@H](CC)[C@@H](CC2CCC(C)CC2C(=O)NC(C)(C)C)OC1(C)C. The zero-order valence-corrected chi connectivity index (χ0v) is 18.2. The van der Waals surface area contributed by atoms with E-state index < -0.39 is 11.5 Å². The third kappa shape index (κ3) is 5.27. The highest BCUT2D eigenvalue weighted by molar-refractivity contribution is 6.57. The molecule has 1 aliphatic heterocycles. The van der Waals surface area contributed by atoms with Crippen molar-refractivity contribution in [3.8, 4) is 0 Å². The van der Waals surface area contributed by atoms with Crippen molar-refractivity contribution in [1.82, 2.24) is 10.2 Å². The summed E-state index contributed by atoms with van der Waals surface area (Å²) < 4.78 is 6.28. The minimum Gasteiger partial charge on any atom is -0.351 e. The van der Waals surface area contributed by atoms with E-state index in [-0.39, 0.29) is 35.4 Å². The maximum absolute atomic E-state index is 13.0. The van der Waals surface area contributed by atoms with Crippen molar-refractivity contribution in [3.05, 3.63) is 0 Å². The molecule has 5 atom stereocenters. The molecule has 2 aliphatic rings. The Morgan fingerprint density at radius 3 is 2.41 bits per heavy atom. The van der Waals surface area contributed by atoms with Gasteiger partial charge in [0, 0.05) is 11.5 Å². The summed E-state index contributed by atoms with van der Waals surface area (Å²) in [7, 11) is 5.64. The topological polar surface area (TPSA) is 58.6 Å². The van der Waals surface area contributed by atoms with Gasteiger partial charge in [0.15, 0.2) is 5.81 Å². The Morgan fingerprint density at radius 1 is 1.26 bits per heavy atom. The van der Waals surface area contributed by atoms with Crippen molar-refractivity contribution >= 4 is 19.6 Å². The molecule has 1 N–H and O–H groups in total. The van der Waals surface area contributed by atoms with Gasteiger partial charge >= 0.3 is 0 Å². The molecule has 5 nitrogen and oxygen atoms in total. The molecule has 0 aromatic rings. The summed E-state index contributed by atoms with van der Waals surface area (Å²) in [6.45, 7) is 14.1. The van der Waals surface area contributed by atoms with E-state index in [4.69, 9.17) is 12.6 Å². The molecule has 3 unspecified atom stereocenters. The normalized spacial score (nSPS) is 33.7. The second kappa shape index (κ2) is 8.14. The Morgan fingerprint density at radius 2 is 1.89 bits per heavy atom. The summed E-state index contributed by atoms with van der Waals surface area (Å²) in [5.74, 6) is 0.540. The van der Waals surface area contributed by atoms with Crippen molar-refractivity contribution in [1.29, 1.82) is 0 Å². The third-order valence-corrected chi connectivity index (χ3v) is 6.06. The minimum atomic E-state index is -0.706. The zero-order chi connectivity index (χ0) is 20.6. The first-order valence-electron chi connectivity index (χ1n) is 10.4. The second-order valence-electron chi connectivity index (χ2n) is 10.0. The first kappa shape index (κ1) is 22.3. The highest BCUT2D eigenvalue weighted by Crippen LogP contribution is 2.42. The predicted octanol–water partition coefficient (Wildman–Crippen LogP) is 3.85. The maximum atomic E-state index is 13.0. The standard InChI is InChI=1S/C21H37BN2O3/c1-8-16-17(27-21(6,7)24(16)19(22)26)12-14-10-9-13(2)11-15(14)18(25)23-20(3,4)5/h13-17H,8-12H2,1-7H3,(H,23,25)/t13?,14?,15?,16-,17+/m0/s1. The van der Waals surface area contributed by atoms with Gasteiger partial charge in [-0.2, -0.15) is 0 Å². The number of hydrogen-bond acceptors (Lipinski definition) is 3. The third-order valence-electron chi connectivity index (χ3n) is 6.06. The summed E-state index contributed by atoms with van der Waals surface area (Å²) in [6, 6.07) is -0.0387. The molecule has 0 bridgehead atoms. The monoisotopic (exact) mass is 376 g/mol. The Labute approximate surface area is 166 Å². The highest BCUT2D eigenvalue weighted by Gasteiger charge is 2.49. The maximum Gasteiger partial charge on any atom is 0.223 e. The number of rotatable bonds is 4. The number of ether oxygens (including phenoxy) is 1. The fourth-order valence-corrected chi connectivity index (χ4v) is 4.96. The van der Waals surface area contributed by atoms with Crippen molar-refractivity contribution in [3.63, 3.8) is 0 Å². The quantitative estimate of drug-likeness (QED) is 0.759. The van der Waals surface area contributed by atoms with E-state index in [9.17, 15) is 9.59 Å². The molecule has 0 aromatic carbocycles. The van der Waals surface area contributed by atoms with E-state index in [0.29, 0.717) is 5.92 Å². The molecule has 27 heavy (non-hydrogen) atoms. The van der Waals surface area contributed by atoms with E-state index in [0.717, 1.165) is 32.1 Å². The van der Waals surface area contributed by atoms with E-state index >= 15 is 0 Å². The van der Waals surface area contributed by atoms with Gasteiger partial charge in [-0.15, -0.1) is 0 Å². The molecule has 1 saturated carbocycles. The number of nitrogens with zero attached hydrogens (tertiary/aromatic N) is 1. The number of carbonyl (C=O) groups is 2. The van der Waals surface area contributed by atoms with Crippen LogP contribution >= 0.6 is 0 Å². The van der Waals surface area contributed by atoms with Gasteiger partial charge in [-0.3, -0.25) is 9.59 Å². The van der Waals surface area contributed by atoms with Gasteiger partial charge in [0.2, 0.25) is 13.8 Å². The number of nitrogens with one attached hydrogen (secondary N) is 1. The van der Waals surface area contributed by atoms with E-state index in [1.165, 1.54) is 0 Å². The van der Waals surface area contributed by atoms with Crippen LogP contribution in [0.4, 0.5) is 4.79 Å². The van der Waals surface area contributed by atoms with Crippen LogP contribution in [0.15, 0.2) is 0 Å². The first-order valence-corrected chi connectivity index (χ1v) is 10.4. The van der Waals surface area contributed by atoms with Crippen LogP contribution in [0.1, 0.15) is 80.6 Å². The van der Waals surface area contributed by atoms with Gasteiger partial charge < -0.3 is 15.0 Å². The van der Waals surface area contributed by atoms with Crippen LogP contribution in [0.5, 0.6) is 0 Å². The average Bonchev–Trinajstić information content (AvgIpc) is 2.77. The lowest BCUT2D eigenvalue weighted by Gasteiger charge is -2.37. The number of hydrogen-bond donors (Lipinski definition) is 1. The summed E-state index contributed by atoms with van der Waals surface area (Å²) in [5.41, 5.74) is -0.939. The van der Waals surface area contributed by atoms with Crippen LogP contribution in [0, 0.1) is 17.8 Å². The van der Waals surface area contributed by atoms with Crippen molar-refractivity contribution in [2.24, 2.45) is 17.8 Å². The Kier molecular flexibility index (Phi) is 6.71. The summed E-state index contributed by atoms with van der Waals surface area (Å²) in [6.07, 6.45) is 4.58. The van der Waals surface area contributed by atoms with Crippen LogP contribution in [-0.2, 0) is 9.53 Å². The average molecular weight is 376 g/mol. The van der Waals surface area contributed by atoms with Crippen LogP contribution < -0.4 is 5.32 Å². The molecular formula is C21H37BN2O3. The van der Waals surface area contributed by atoms with E-state index in [2.05, 4.69) is 19.2 Å². The molecule has 2 rings (SSSR count). The Hall–Kier alpha value is -1.04. The molecule has 1 aliphatic carbocycles. The molecule has 0 spiro atoms. The minimum absolute atomic E-state index is 0.000165. The largest absolute Gasteiger partial charge is 0.351 e. The van der Waals surface area contributed by atoms with Crippen molar-refractivity contribution in [2.75, 3.05) is 0 Å². The van der Waals surface area contributed by atoms with E-state index in [1.54, 1.807) is 4.90 Å². The predicted molar refractivity (Wildman–Crippen MR) is 109 cm³/mol. The van der Waals surface area contributed by atoms with Gasteiger partial charge in [-0.1, -0.05) is 20.3 Å². The Balaban J connectivity index is 2.17. The first-order chi connectivity index (χ1) is 12.4. The van der Waals surface area contributed by atoms with Crippen LogP contribution in [-0.4, -0.2) is 47.9 Å². The molecule has 152 valence electrons. The second-order valence-corrected chi connectivity index (χ2v) is 10.0. The van der Waals surface area contributed by atoms with E-state index in [1.807, 2.05) is 34.6 Å². The molecule has 1 saturated heterocycles. The van der Waals surface area contributed by atoms with Crippen LogP contribution in [0.3, 0.4) is 0 Å². The van der Waals surface area contributed by atoms with Crippen LogP contribution in [0.25, 0.3) is 0 Å². The molecular weight excluding hydrogens is 339 g/mol. The Bertz CT molecular complexity index is 558. The fourth-order valence-electron chi connectivity index (χ4n) is 4.96.